The molecule has 0 aromatic carbocycles. The summed E-state index contributed by atoms with van der Waals surface area (Å²) in [5.74, 6) is 0.391. The van der Waals surface area contributed by atoms with Crippen LogP contribution in [0.5, 0.6) is 0 Å². The Morgan fingerprint density at radius 1 is 1.70 bits per heavy atom. The smallest absolute Gasteiger partial charge is 0.124 e. The van der Waals surface area contributed by atoms with Crippen LogP contribution in [0.1, 0.15) is 11.1 Å². The molecule has 0 fully saturated rings. The molecule has 1 aromatic heterocycles. The van der Waals surface area contributed by atoms with E-state index in [1.807, 2.05) is 13.0 Å². The predicted molar refractivity (Wildman–Crippen MR) is 38.1 cm³/mol. The minimum absolute atomic E-state index is 0.391. The van der Waals surface area contributed by atoms with E-state index in [4.69, 9.17) is 11.0 Å². The van der Waals surface area contributed by atoms with Crippen LogP contribution in [0.3, 0.4) is 0 Å². The van der Waals surface area contributed by atoms with Crippen LogP contribution in [0.4, 0.5) is 5.82 Å². The molecule has 50 valence electrons. The van der Waals surface area contributed by atoms with Crippen LogP contribution in [0.25, 0.3) is 0 Å². The highest BCUT2D eigenvalue weighted by molar-refractivity contribution is 5.43. The van der Waals surface area contributed by atoms with Gasteiger partial charge in [0.25, 0.3) is 0 Å². The Balaban J connectivity index is 3.25. The molecule has 0 atom stereocenters. The molecule has 0 aliphatic rings. The lowest BCUT2D eigenvalue weighted by molar-refractivity contribution is 1.25. The molecule has 2 N–H and O–H groups in total. The van der Waals surface area contributed by atoms with Crippen LogP contribution in [-0.4, -0.2) is 4.98 Å². The van der Waals surface area contributed by atoms with E-state index in [1.165, 1.54) is 0 Å². The first-order valence-electron chi connectivity index (χ1n) is 2.86. The number of nitrogens with zero attached hydrogens (tertiary/aromatic N) is 2. The van der Waals surface area contributed by atoms with Gasteiger partial charge in [-0.05, 0) is 18.6 Å². The molecule has 1 heterocycles. The highest BCUT2D eigenvalue weighted by Crippen LogP contribution is 2.06. The summed E-state index contributed by atoms with van der Waals surface area (Å²) in [6.07, 6.45) is 1.59. The zero-order valence-corrected chi connectivity index (χ0v) is 5.63. The van der Waals surface area contributed by atoms with Crippen molar-refractivity contribution in [3.05, 3.63) is 23.4 Å². The predicted octanol–water partition coefficient (Wildman–Crippen LogP) is 0.844. The molecule has 0 saturated heterocycles. The van der Waals surface area contributed by atoms with E-state index >= 15 is 0 Å². The van der Waals surface area contributed by atoms with Gasteiger partial charge >= 0.3 is 0 Å². The van der Waals surface area contributed by atoms with Crippen LogP contribution < -0.4 is 5.73 Å². The van der Waals surface area contributed by atoms with Gasteiger partial charge in [-0.15, -0.1) is 0 Å². The Labute approximate surface area is 59.1 Å². The van der Waals surface area contributed by atoms with Gasteiger partial charge in [-0.1, -0.05) is 0 Å². The third-order valence-electron chi connectivity index (χ3n) is 1.24. The van der Waals surface area contributed by atoms with Gasteiger partial charge in [-0.2, -0.15) is 5.26 Å². The van der Waals surface area contributed by atoms with Crippen molar-refractivity contribution in [2.45, 2.75) is 6.92 Å². The van der Waals surface area contributed by atoms with Crippen LogP contribution >= 0.6 is 0 Å². The van der Waals surface area contributed by atoms with Gasteiger partial charge < -0.3 is 5.73 Å². The highest BCUT2D eigenvalue weighted by Gasteiger charge is 1.95. The van der Waals surface area contributed by atoms with Gasteiger partial charge in [0.05, 0.1) is 11.6 Å². The number of aryl methyl sites for hydroxylation is 1. The molecule has 0 bridgehead atoms. The maximum absolute atomic E-state index is 8.51. The van der Waals surface area contributed by atoms with Gasteiger partial charge in [-0.25, -0.2) is 4.98 Å². The summed E-state index contributed by atoms with van der Waals surface area (Å²) in [6.45, 7) is 1.82. The van der Waals surface area contributed by atoms with Gasteiger partial charge in [0.2, 0.25) is 0 Å². The van der Waals surface area contributed by atoms with E-state index in [0.717, 1.165) is 5.56 Å². The molecule has 0 aliphatic carbocycles. The maximum Gasteiger partial charge on any atom is 0.124 e. The second kappa shape index (κ2) is 2.36. The van der Waals surface area contributed by atoms with Crippen LogP contribution in [-0.2, 0) is 0 Å². The first-order valence-corrected chi connectivity index (χ1v) is 2.86. The number of nitrogens with two attached hydrogens (primary N) is 1. The Morgan fingerprint density at radius 3 is 2.90 bits per heavy atom. The second-order valence-electron chi connectivity index (χ2n) is 2.04. The monoisotopic (exact) mass is 133 g/mol. The van der Waals surface area contributed by atoms with Gasteiger partial charge in [0.15, 0.2) is 0 Å². The third-order valence-corrected chi connectivity index (χ3v) is 1.24. The van der Waals surface area contributed by atoms with Gasteiger partial charge in [-0.3, -0.25) is 0 Å². The van der Waals surface area contributed by atoms with Gasteiger partial charge in [0.1, 0.15) is 5.82 Å². The lowest BCUT2D eigenvalue weighted by Gasteiger charge is -1.95. The number of hydrogen-bond donors (Lipinski definition) is 1. The largest absolute Gasteiger partial charge is 0.384 e. The summed E-state index contributed by atoms with van der Waals surface area (Å²) >= 11 is 0. The van der Waals surface area contributed by atoms with Crippen molar-refractivity contribution in [3.8, 4) is 6.07 Å². The van der Waals surface area contributed by atoms with E-state index in [0.29, 0.717) is 11.4 Å². The van der Waals surface area contributed by atoms with Crippen LogP contribution in [0, 0.1) is 18.3 Å². The van der Waals surface area contributed by atoms with Crippen molar-refractivity contribution >= 4 is 5.82 Å². The van der Waals surface area contributed by atoms with E-state index in [9.17, 15) is 0 Å². The molecule has 0 unspecified atom stereocenters. The van der Waals surface area contributed by atoms with E-state index in [-0.39, 0.29) is 0 Å². The van der Waals surface area contributed by atoms with Crippen molar-refractivity contribution in [2.24, 2.45) is 0 Å². The van der Waals surface area contributed by atoms with E-state index in [1.54, 1.807) is 12.3 Å². The van der Waals surface area contributed by atoms with Gasteiger partial charge in [0, 0.05) is 6.20 Å². The van der Waals surface area contributed by atoms with E-state index in [2.05, 4.69) is 4.98 Å². The zero-order valence-electron chi connectivity index (χ0n) is 5.63. The number of hydrogen-bond acceptors (Lipinski definition) is 3. The number of pyridine rings is 1. The molecule has 0 spiro atoms. The summed E-state index contributed by atoms with van der Waals surface area (Å²) in [4.78, 5) is 3.81. The molecule has 0 saturated carbocycles. The summed E-state index contributed by atoms with van der Waals surface area (Å²) in [7, 11) is 0. The van der Waals surface area contributed by atoms with Crippen molar-refractivity contribution in [1.82, 2.24) is 4.98 Å². The number of nitriles is 1. The summed E-state index contributed by atoms with van der Waals surface area (Å²) in [6, 6.07) is 3.58. The number of nitrogen functional groups attached to an aromatic ring is 1. The SMILES string of the molecule is Cc1cnc(N)cc1C#N. The molecule has 1 aromatic rings. The average molecular weight is 133 g/mol. The molecule has 3 heteroatoms. The normalized spacial score (nSPS) is 8.80. The van der Waals surface area contributed by atoms with E-state index < -0.39 is 0 Å². The number of aromatic nitrogens is 1. The molecule has 10 heavy (non-hydrogen) atoms. The molecule has 0 radical (unpaired) electrons. The Bertz CT molecular complexity index is 285. The topological polar surface area (TPSA) is 62.7 Å². The molecule has 0 amide bonds. The molecule has 3 nitrogen and oxygen atoms in total. The standard InChI is InChI=1S/C7H7N3/c1-5-4-10-7(9)2-6(5)3-8/h2,4H,1H3,(H2,9,10). The fourth-order valence-corrected chi connectivity index (χ4v) is 0.660. The number of rotatable bonds is 0. The summed E-state index contributed by atoms with van der Waals surface area (Å²) in [5, 5.41) is 8.51. The fourth-order valence-electron chi connectivity index (χ4n) is 0.660. The highest BCUT2D eigenvalue weighted by atomic mass is 14.8. The van der Waals surface area contributed by atoms with Crippen LogP contribution in [0.15, 0.2) is 12.3 Å². The minimum Gasteiger partial charge on any atom is -0.384 e. The zero-order chi connectivity index (χ0) is 7.56. The average Bonchev–Trinajstić information content (AvgIpc) is 1.94. The first-order chi connectivity index (χ1) is 4.74. The van der Waals surface area contributed by atoms with Crippen molar-refractivity contribution in [2.75, 3.05) is 5.73 Å². The molecule has 1 rings (SSSR count). The minimum atomic E-state index is 0.391. The quantitative estimate of drug-likeness (QED) is 0.570. The Morgan fingerprint density at radius 2 is 2.40 bits per heavy atom. The number of anilines is 1. The maximum atomic E-state index is 8.51. The summed E-state index contributed by atoms with van der Waals surface area (Å²) in [5.41, 5.74) is 6.79. The van der Waals surface area contributed by atoms with Crippen LogP contribution in [0.2, 0.25) is 0 Å². The second-order valence-corrected chi connectivity index (χ2v) is 2.04. The molecule has 0 aliphatic heterocycles. The van der Waals surface area contributed by atoms with Crippen molar-refractivity contribution in [3.63, 3.8) is 0 Å². The Hall–Kier alpha value is -1.56. The fraction of sp³-hybridized carbons (Fsp3) is 0.143. The third kappa shape index (κ3) is 1.06. The Kier molecular flexibility index (Phi) is 1.55. The lowest BCUT2D eigenvalue weighted by atomic mass is 10.2. The molecular formula is C7H7N3. The summed E-state index contributed by atoms with van der Waals surface area (Å²) < 4.78 is 0. The van der Waals surface area contributed by atoms with Crippen molar-refractivity contribution < 1.29 is 0 Å². The van der Waals surface area contributed by atoms with Crippen molar-refractivity contribution in [1.29, 1.82) is 5.26 Å². The first kappa shape index (κ1) is 6.56. The molecular weight excluding hydrogens is 126 g/mol. The lowest BCUT2D eigenvalue weighted by Crippen LogP contribution is -1.92.